The van der Waals surface area contributed by atoms with Crippen LogP contribution in [-0.2, 0) is 9.59 Å². The Morgan fingerprint density at radius 3 is 2.18 bits per heavy atom. The summed E-state index contributed by atoms with van der Waals surface area (Å²) in [4.78, 5) is 23.4. The van der Waals surface area contributed by atoms with E-state index >= 15 is 0 Å². The van der Waals surface area contributed by atoms with Crippen molar-refractivity contribution in [1.29, 1.82) is 0 Å². The number of anilines is 3. The number of nitrogens with one attached hydrogen (secondary N) is 2. The van der Waals surface area contributed by atoms with Gasteiger partial charge in [0.25, 0.3) is 0 Å². The summed E-state index contributed by atoms with van der Waals surface area (Å²) < 4.78 is 26.8. The van der Waals surface area contributed by atoms with Gasteiger partial charge in [-0.2, -0.15) is 0 Å². The lowest BCUT2D eigenvalue weighted by Gasteiger charge is -2.09. The van der Waals surface area contributed by atoms with Crippen LogP contribution in [0.15, 0.2) is 36.4 Å². The first kappa shape index (κ1) is 15.7. The number of hydrogen-bond acceptors (Lipinski definition) is 3. The summed E-state index contributed by atoms with van der Waals surface area (Å²) in [6, 6.07) is 7.28. The number of amides is 2. The highest BCUT2D eigenvalue weighted by atomic mass is 35.5. The van der Waals surface area contributed by atoms with E-state index in [0.29, 0.717) is 5.69 Å². The molecular formula is C14H10ClF2N3O2. The molecule has 4 N–H and O–H groups in total. The molecule has 0 bridgehead atoms. The lowest BCUT2D eigenvalue weighted by molar-refractivity contribution is -0.133. The lowest BCUT2D eigenvalue weighted by atomic mass is 10.2. The molecule has 0 spiro atoms. The van der Waals surface area contributed by atoms with Crippen LogP contribution in [0.5, 0.6) is 0 Å². The molecule has 0 aliphatic heterocycles. The summed E-state index contributed by atoms with van der Waals surface area (Å²) in [6.07, 6.45) is 0. The molecule has 0 saturated heterocycles. The van der Waals surface area contributed by atoms with Gasteiger partial charge in [0.05, 0.1) is 10.7 Å². The van der Waals surface area contributed by atoms with Gasteiger partial charge < -0.3 is 16.4 Å². The molecule has 2 aromatic carbocycles. The molecule has 0 fully saturated rings. The molecule has 0 aliphatic carbocycles. The Hall–Kier alpha value is -2.67. The van der Waals surface area contributed by atoms with Crippen molar-refractivity contribution >= 4 is 40.5 Å². The first-order valence-corrected chi connectivity index (χ1v) is 6.37. The van der Waals surface area contributed by atoms with Crippen LogP contribution in [0, 0.1) is 11.6 Å². The fourth-order valence-electron chi connectivity index (χ4n) is 1.60. The van der Waals surface area contributed by atoms with Crippen molar-refractivity contribution in [3.63, 3.8) is 0 Å². The molecule has 5 nitrogen and oxygen atoms in total. The molecule has 0 unspecified atom stereocenters. The van der Waals surface area contributed by atoms with Gasteiger partial charge in [-0.25, -0.2) is 8.78 Å². The van der Waals surface area contributed by atoms with Crippen molar-refractivity contribution in [2.45, 2.75) is 0 Å². The molecule has 0 aliphatic rings. The Kier molecular flexibility index (Phi) is 4.57. The van der Waals surface area contributed by atoms with Crippen LogP contribution < -0.4 is 16.4 Å². The normalized spacial score (nSPS) is 10.1. The Labute approximate surface area is 129 Å². The van der Waals surface area contributed by atoms with Crippen LogP contribution in [0.2, 0.25) is 5.02 Å². The van der Waals surface area contributed by atoms with Crippen LogP contribution in [0.25, 0.3) is 0 Å². The van der Waals surface area contributed by atoms with Gasteiger partial charge in [-0.15, -0.1) is 0 Å². The summed E-state index contributed by atoms with van der Waals surface area (Å²) in [7, 11) is 0. The number of halogens is 3. The van der Waals surface area contributed by atoms with Crippen molar-refractivity contribution < 1.29 is 18.4 Å². The molecule has 0 heterocycles. The number of benzene rings is 2. The van der Waals surface area contributed by atoms with Gasteiger partial charge >= 0.3 is 11.8 Å². The van der Waals surface area contributed by atoms with Crippen LogP contribution in [0.3, 0.4) is 0 Å². The van der Waals surface area contributed by atoms with E-state index in [2.05, 4.69) is 5.32 Å². The van der Waals surface area contributed by atoms with E-state index in [9.17, 15) is 18.4 Å². The quantitative estimate of drug-likeness (QED) is 0.586. The second-order valence-electron chi connectivity index (χ2n) is 4.24. The zero-order valence-electron chi connectivity index (χ0n) is 11.0. The Bertz CT molecular complexity index is 733. The molecule has 0 atom stereocenters. The fraction of sp³-hybridized carbons (Fsp3) is 0. The van der Waals surface area contributed by atoms with Crippen LogP contribution in [0.1, 0.15) is 0 Å². The zero-order valence-corrected chi connectivity index (χ0v) is 11.7. The van der Waals surface area contributed by atoms with E-state index in [0.717, 1.165) is 18.2 Å². The minimum absolute atomic E-state index is 0.123. The number of carbonyl (C=O) groups is 2. The van der Waals surface area contributed by atoms with E-state index < -0.39 is 29.1 Å². The highest BCUT2D eigenvalue weighted by Crippen LogP contribution is 2.24. The maximum atomic E-state index is 13.4. The second kappa shape index (κ2) is 6.40. The number of rotatable bonds is 2. The van der Waals surface area contributed by atoms with E-state index in [1.54, 1.807) is 0 Å². The average Bonchev–Trinajstić information content (AvgIpc) is 2.45. The minimum atomic E-state index is -1.24. The van der Waals surface area contributed by atoms with Crippen LogP contribution in [0.4, 0.5) is 25.8 Å². The summed E-state index contributed by atoms with van der Waals surface area (Å²) in [5.74, 6) is -4.36. The largest absolute Gasteiger partial charge is 0.399 e. The van der Waals surface area contributed by atoms with Gasteiger partial charge in [-0.3, -0.25) is 9.59 Å². The summed E-state index contributed by atoms with van der Waals surface area (Å²) in [5.41, 5.74) is 5.31. The molecule has 0 saturated carbocycles. The van der Waals surface area contributed by atoms with E-state index in [4.69, 9.17) is 17.3 Å². The molecule has 0 aromatic heterocycles. The number of para-hydroxylation sites is 1. The van der Waals surface area contributed by atoms with E-state index in [1.807, 2.05) is 5.32 Å². The van der Waals surface area contributed by atoms with Gasteiger partial charge in [-0.05, 0) is 30.3 Å². The van der Waals surface area contributed by atoms with Crippen molar-refractivity contribution in [2.75, 3.05) is 16.4 Å². The Morgan fingerprint density at radius 2 is 1.59 bits per heavy atom. The molecule has 8 heteroatoms. The first-order valence-electron chi connectivity index (χ1n) is 6.00. The average molecular weight is 326 g/mol. The number of nitrogen functional groups attached to an aromatic ring is 1. The van der Waals surface area contributed by atoms with Gasteiger partial charge in [0.2, 0.25) is 0 Å². The zero-order chi connectivity index (χ0) is 16.3. The van der Waals surface area contributed by atoms with Crippen LogP contribution >= 0.6 is 11.6 Å². The first-order chi connectivity index (χ1) is 10.4. The molecule has 114 valence electrons. The highest BCUT2D eigenvalue weighted by molar-refractivity contribution is 6.44. The fourth-order valence-corrected chi connectivity index (χ4v) is 1.84. The Morgan fingerprint density at radius 1 is 1.00 bits per heavy atom. The third-order valence-electron chi connectivity index (χ3n) is 2.65. The monoisotopic (exact) mass is 325 g/mol. The highest BCUT2D eigenvalue weighted by Gasteiger charge is 2.19. The molecule has 2 amide bonds. The SMILES string of the molecule is Nc1ccc(NC(=O)C(=O)Nc2c(F)cccc2F)c(Cl)c1. The van der Waals surface area contributed by atoms with E-state index in [-0.39, 0.29) is 10.7 Å². The lowest BCUT2D eigenvalue weighted by Crippen LogP contribution is -2.30. The third kappa shape index (κ3) is 3.50. The maximum absolute atomic E-state index is 13.4. The van der Waals surface area contributed by atoms with Crippen molar-refractivity contribution in [1.82, 2.24) is 0 Å². The molecule has 0 radical (unpaired) electrons. The molecule has 2 aromatic rings. The van der Waals surface area contributed by atoms with Gasteiger partial charge in [0.1, 0.15) is 17.3 Å². The van der Waals surface area contributed by atoms with Crippen LogP contribution in [-0.4, -0.2) is 11.8 Å². The third-order valence-corrected chi connectivity index (χ3v) is 2.96. The minimum Gasteiger partial charge on any atom is -0.399 e. The number of nitrogens with two attached hydrogens (primary N) is 1. The van der Waals surface area contributed by atoms with Crippen molar-refractivity contribution in [2.24, 2.45) is 0 Å². The van der Waals surface area contributed by atoms with Crippen molar-refractivity contribution in [3.8, 4) is 0 Å². The van der Waals surface area contributed by atoms with E-state index in [1.165, 1.54) is 18.2 Å². The van der Waals surface area contributed by atoms with Gasteiger partial charge in [0, 0.05) is 5.69 Å². The topological polar surface area (TPSA) is 84.2 Å². The predicted molar refractivity (Wildman–Crippen MR) is 79.5 cm³/mol. The number of hydrogen-bond donors (Lipinski definition) is 3. The molecule has 2 rings (SSSR count). The maximum Gasteiger partial charge on any atom is 0.314 e. The molecular weight excluding hydrogens is 316 g/mol. The predicted octanol–water partition coefficient (Wildman–Crippen LogP) is 2.78. The smallest absolute Gasteiger partial charge is 0.314 e. The van der Waals surface area contributed by atoms with Crippen molar-refractivity contribution in [3.05, 3.63) is 53.1 Å². The summed E-state index contributed by atoms with van der Waals surface area (Å²) in [5, 5.41) is 4.20. The van der Waals surface area contributed by atoms with Gasteiger partial charge in [-0.1, -0.05) is 17.7 Å². The molecule has 22 heavy (non-hydrogen) atoms. The number of carbonyl (C=O) groups excluding carboxylic acids is 2. The summed E-state index contributed by atoms with van der Waals surface area (Å²) in [6.45, 7) is 0. The Balaban J connectivity index is 2.11. The van der Waals surface area contributed by atoms with Gasteiger partial charge in [0.15, 0.2) is 0 Å². The second-order valence-corrected chi connectivity index (χ2v) is 4.65. The standard InChI is InChI=1S/C14H10ClF2N3O2/c15-8-6-7(18)4-5-11(8)19-13(21)14(22)20-12-9(16)2-1-3-10(12)17/h1-6H,18H2,(H,19,21)(H,20,22). The summed E-state index contributed by atoms with van der Waals surface area (Å²) >= 11 is 5.84.